The summed E-state index contributed by atoms with van der Waals surface area (Å²) in [7, 11) is -2.74. The first-order valence-corrected chi connectivity index (χ1v) is 14.3. The van der Waals surface area contributed by atoms with Gasteiger partial charge in [-0.25, -0.2) is 14.6 Å². The van der Waals surface area contributed by atoms with Crippen LogP contribution >= 0.6 is 0 Å². The second kappa shape index (κ2) is 12.2. The smallest absolute Gasteiger partial charge is 0.423 e. The van der Waals surface area contributed by atoms with Gasteiger partial charge in [-0.3, -0.25) is 10.2 Å². The van der Waals surface area contributed by atoms with E-state index in [0.717, 1.165) is 0 Å². The van der Waals surface area contributed by atoms with Crippen LogP contribution in [0, 0.1) is 11.7 Å². The first kappa shape index (κ1) is 28.1. The molecule has 8 heteroatoms. The van der Waals surface area contributed by atoms with Crippen LogP contribution in [0.2, 0.25) is 5.04 Å². The SMILES string of the molecule is CC(CCO[Si](c1ccccc1)(c1ccccc1)C(C)(C)C)C(C(=O)NNC(=O)O)c1ccc(F)cc1. The summed E-state index contributed by atoms with van der Waals surface area (Å²) in [5.41, 5.74) is 4.77. The van der Waals surface area contributed by atoms with E-state index in [9.17, 15) is 14.0 Å². The molecule has 37 heavy (non-hydrogen) atoms. The molecule has 0 aliphatic carbocycles. The highest BCUT2D eigenvalue weighted by Gasteiger charge is 2.50. The minimum atomic E-state index is -2.74. The average molecular weight is 523 g/mol. The molecule has 2 unspecified atom stereocenters. The van der Waals surface area contributed by atoms with E-state index in [1.54, 1.807) is 12.1 Å². The highest BCUT2D eigenvalue weighted by Crippen LogP contribution is 2.37. The van der Waals surface area contributed by atoms with Gasteiger partial charge in [0.05, 0.1) is 5.92 Å². The van der Waals surface area contributed by atoms with Crippen molar-refractivity contribution in [2.24, 2.45) is 5.92 Å². The van der Waals surface area contributed by atoms with Gasteiger partial charge in [0, 0.05) is 6.61 Å². The number of hydrazine groups is 1. The summed E-state index contributed by atoms with van der Waals surface area (Å²) in [6.07, 6.45) is -0.832. The highest BCUT2D eigenvalue weighted by atomic mass is 28.4. The molecule has 0 heterocycles. The second-order valence-corrected chi connectivity index (χ2v) is 14.5. The van der Waals surface area contributed by atoms with Crippen LogP contribution in [0.1, 0.15) is 45.6 Å². The van der Waals surface area contributed by atoms with Gasteiger partial charge < -0.3 is 9.53 Å². The molecule has 6 nitrogen and oxygen atoms in total. The molecule has 0 spiro atoms. The number of halogens is 1. The van der Waals surface area contributed by atoms with Gasteiger partial charge >= 0.3 is 6.09 Å². The third-order valence-electron chi connectivity index (χ3n) is 6.68. The molecule has 196 valence electrons. The van der Waals surface area contributed by atoms with E-state index in [4.69, 9.17) is 9.53 Å². The molecule has 3 aromatic carbocycles. The lowest BCUT2D eigenvalue weighted by Crippen LogP contribution is -2.66. The predicted octanol–water partition coefficient (Wildman–Crippen LogP) is 4.81. The van der Waals surface area contributed by atoms with Gasteiger partial charge in [0.2, 0.25) is 5.91 Å². The molecule has 0 radical (unpaired) electrons. The van der Waals surface area contributed by atoms with Crippen molar-refractivity contribution in [3.05, 3.63) is 96.3 Å². The van der Waals surface area contributed by atoms with E-state index in [1.807, 2.05) is 48.7 Å². The molecule has 0 aromatic heterocycles. The van der Waals surface area contributed by atoms with Gasteiger partial charge in [0.25, 0.3) is 8.32 Å². The Morgan fingerprint density at radius 3 is 1.86 bits per heavy atom. The van der Waals surface area contributed by atoms with E-state index in [-0.39, 0.29) is 11.0 Å². The standard InChI is InChI=1S/C29H35FN2O4Si/c1-21(26(27(33)31-32-28(34)35)22-15-17-23(30)18-16-22)19-20-36-37(29(2,3)4,24-11-7-5-8-12-24)25-13-9-6-10-14-25/h5-18,21,26,32H,19-20H2,1-4H3,(H,31,33)(H,34,35). The fraction of sp³-hybridized carbons (Fsp3) is 0.310. The fourth-order valence-electron chi connectivity index (χ4n) is 4.93. The number of carbonyl (C=O) groups excluding carboxylic acids is 1. The fourth-order valence-corrected chi connectivity index (χ4v) is 9.51. The van der Waals surface area contributed by atoms with Crippen LogP contribution in [-0.4, -0.2) is 32.0 Å². The van der Waals surface area contributed by atoms with Gasteiger partial charge in [0.1, 0.15) is 5.82 Å². The van der Waals surface area contributed by atoms with Crippen molar-refractivity contribution in [3.8, 4) is 0 Å². The van der Waals surface area contributed by atoms with Gasteiger partial charge in [0.15, 0.2) is 0 Å². The molecule has 2 amide bonds. The van der Waals surface area contributed by atoms with E-state index in [0.29, 0.717) is 18.6 Å². The zero-order chi connectivity index (χ0) is 27.1. The highest BCUT2D eigenvalue weighted by molar-refractivity contribution is 6.99. The lowest BCUT2D eigenvalue weighted by atomic mass is 9.85. The average Bonchev–Trinajstić information content (AvgIpc) is 2.87. The predicted molar refractivity (Wildman–Crippen MR) is 146 cm³/mol. The molecule has 0 saturated heterocycles. The Morgan fingerprint density at radius 2 is 1.41 bits per heavy atom. The Morgan fingerprint density at radius 1 is 0.892 bits per heavy atom. The van der Waals surface area contributed by atoms with Gasteiger partial charge in [-0.2, -0.15) is 0 Å². The lowest BCUT2D eigenvalue weighted by molar-refractivity contribution is -0.124. The normalized spacial score (nSPS) is 13.4. The van der Waals surface area contributed by atoms with Crippen LogP contribution < -0.4 is 21.2 Å². The summed E-state index contributed by atoms with van der Waals surface area (Å²) in [5, 5.41) is 11.1. The maximum atomic E-state index is 13.6. The maximum absolute atomic E-state index is 13.6. The third kappa shape index (κ3) is 6.64. The Labute approximate surface area is 219 Å². The van der Waals surface area contributed by atoms with Crippen LogP contribution in [-0.2, 0) is 9.22 Å². The molecule has 0 bridgehead atoms. The molecule has 2 atom stereocenters. The quantitative estimate of drug-likeness (QED) is 0.278. The first-order chi connectivity index (χ1) is 17.6. The molecule has 0 saturated carbocycles. The summed E-state index contributed by atoms with van der Waals surface area (Å²) in [6, 6.07) is 26.3. The topological polar surface area (TPSA) is 87.7 Å². The number of hydrogen-bond donors (Lipinski definition) is 3. The Balaban J connectivity index is 1.90. The minimum absolute atomic E-state index is 0.182. The van der Waals surface area contributed by atoms with Gasteiger partial charge in [-0.1, -0.05) is 100 Å². The first-order valence-electron chi connectivity index (χ1n) is 12.4. The number of benzene rings is 3. The molecule has 0 aliphatic heterocycles. The Bertz CT molecular complexity index is 1130. The molecular weight excluding hydrogens is 487 g/mol. The van der Waals surface area contributed by atoms with Crippen molar-refractivity contribution in [3.63, 3.8) is 0 Å². The summed E-state index contributed by atoms with van der Waals surface area (Å²) in [6.45, 7) is 8.92. The number of rotatable bonds is 9. The van der Waals surface area contributed by atoms with Crippen molar-refractivity contribution in [2.45, 2.75) is 45.1 Å². The van der Waals surface area contributed by atoms with Crippen LogP contribution in [0.15, 0.2) is 84.9 Å². The monoisotopic (exact) mass is 522 g/mol. The summed E-state index contributed by atoms with van der Waals surface area (Å²) in [5.74, 6) is -1.84. The number of amides is 2. The van der Waals surface area contributed by atoms with Crippen molar-refractivity contribution >= 4 is 30.7 Å². The largest absolute Gasteiger partial charge is 0.464 e. The zero-order valence-corrected chi connectivity index (χ0v) is 22.7. The van der Waals surface area contributed by atoms with E-state index in [1.165, 1.54) is 22.5 Å². The third-order valence-corrected chi connectivity index (χ3v) is 11.7. The number of nitrogens with one attached hydrogen (secondary N) is 2. The summed E-state index contributed by atoms with van der Waals surface area (Å²) in [4.78, 5) is 23.9. The molecule has 3 rings (SSSR count). The Kier molecular flexibility index (Phi) is 9.23. The number of carbonyl (C=O) groups is 2. The van der Waals surface area contributed by atoms with Crippen LogP contribution in [0.3, 0.4) is 0 Å². The van der Waals surface area contributed by atoms with Crippen LogP contribution in [0.5, 0.6) is 0 Å². The molecule has 0 aliphatic rings. The van der Waals surface area contributed by atoms with Crippen molar-refractivity contribution in [1.82, 2.24) is 10.9 Å². The van der Waals surface area contributed by atoms with Crippen molar-refractivity contribution in [1.29, 1.82) is 0 Å². The number of carboxylic acid groups (broad SMARTS) is 1. The van der Waals surface area contributed by atoms with Crippen molar-refractivity contribution < 1.29 is 23.5 Å². The van der Waals surface area contributed by atoms with Gasteiger partial charge in [-0.15, -0.1) is 0 Å². The van der Waals surface area contributed by atoms with E-state index >= 15 is 0 Å². The van der Waals surface area contributed by atoms with E-state index < -0.39 is 32.1 Å². The lowest BCUT2D eigenvalue weighted by Gasteiger charge is -2.43. The molecule has 3 N–H and O–H groups in total. The number of hydrogen-bond acceptors (Lipinski definition) is 3. The second-order valence-electron chi connectivity index (χ2n) is 10.2. The summed E-state index contributed by atoms with van der Waals surface area (Å²) >= 11 is 0. The van der Waals surface area contributed by atoms with E-state index in [2.05, 4.69) is 50.5 Å². The van der Waals surface area contributed by atoms with Gasteiger partial charge in [-0.05, 0) is 45.4 Å². The van der Waals surface area contributed by atoms with Crippen molar-refractivity contribution in [2.75, 3.05) is 6.61 Å². The molecule has 0 fully saturated rings. The van der Waals surface area contributed by atoms with Crippen LogP contribution in [0.4, 0.5) is 9.18 Å². The molecular formula is C29H35FN2O4Si. The summed E-state index contributed by atoms with van der Waals surface area (Å²) < 4.78 is 20.5. The molecule has 3 aromatic rings. The zero-order valence-electron chi connectivity index (χ0n) is 21.7. The Hall–Kier alpha value is -3.49. The van der Waals surface area contributed by atoms with Crippen LogP contribution in [0.25, 0.3) is 0 Å². The minimum Gasteiger partial charge on any atom is -0.464 e. The maximum Gasteiger partial charge on any atom is 0.423 e.